The number of carbonyl (C=O) groups is 3. The summed E-state index contributed by atoms with van der Waals surface area (Å²) in [7, 11) is 1.60. The summed E-state index contributed by atoms with van der Waals surface area (Å²) < 4.78 is 5.33. The number of fused-ring (bicyclic) bond motifs is 1. The van der Waals surface area contributed by atoms with Gasteiger partial charge in [-0.3, -0.25) is 9.59 Å². The summed E-state index contributed by atoms with van der Waals surface area (Å²) in [4.78, 5) is 40.6. The number of aryl methyl sites for hydroxylation is 1. The lowest BCUT2D eigenvalue weighted by molar-refractivity contribution is -0.126. The Balaban J connectivity index is 1.71. The van der Waals surface area contributed by atoms with Crippen LogP contribution in [0.15, 0.2) is 42.5 Å². The van der Waals surface area contributed by atoms with Gasteiger partial charge in [-0.15, -0.1) is 0 Å². The third kappa shape index (κ3) is 7.59. The summed E-state index contributed by atoms with van der Waals surface area (Å²) >= 11 is 6.04. The number of carbonyl (C=O) groups excluding carboxylic acids is 3. The molecule has 3 aromatic rings. The number of anilines is 1. The van der Waals surface area contributed by atoms with Crippen molar-refractivity contribution in [2.45, 2.75) is 58.4 Å². The molecule has 35 heavy (non-hydrogen) atoms. The molecular weight excluding hydrogens is 466 g/mol. The fourth-order valence-corrected chi connectivity index (χ4v) is 4.28. The molecule has 186 valence electrons. The highest BCUT2D eigenvalue weighted by atomic mass is 35.5. The number of amides is 2. The molecule has 0 aliphatic rings. The zero-order valence-electron chi connectivity index (χ0n) is 20.4. The van der Waals surface area contributed by atoms with E-state index in [1.54, 1.807) is 38.3 Å². The predicted octanol–water partition coefficient (Wildman–Crippen LogP) is 5.34. The van der Waals surface area contributed by atoms with E-state index in [0.29, 0.717) is 35.7 Å². The maximum Gasteiger partial charge on any atom is 0.246 e. The monoisotopic (exact) mass is 497 g/mol. The Bertz CT molecular complexity index is 1200. The first kappa shape index (κ1) is 26.3. The molecule has 3 rings (SSSR count). The lowest BCUT2D eigenvalue weighted by atomic mass is 10.0. The maximum atomic E-state index is 13.1. The molecular formula is C27H32ClN3O4. The summed E-state index contributed by atoms with van der Waals surface area (Å²) in [5, 5.41) is 7.19. The SMILES string of the molecule is COc1ccc2[nH]c(C)c(CC(=O)N[C@@H](CCCCCC(C)=O)C(=O)Nc3cccc(Cl)c3)c2c1. The van der Waals surface area contributed by atoms with Crippen LogP contribution in [0.3, 0.4) is 0 Å². The van der Waals surface area contributed by atoms with Crippen molar-refractivity contribution in [3.05, 3.63) is 58.7 Å². The number of H-pyrrole nitrogens is 1. The Kier molecular flexibility index (Phi) is 9.32. The van der Waals surface area contributed by atoms with Crippen LogP contribution in [-0.4, -0.2) is 35.7 Å². The number of benzene rings is 2. The van der Waals surface area contributed by atoms with E-state index in [-0.39, 0.29) is 24.0 Å². The van der Waals surface area contributed by atoms with Crippen LogP contribution in [0.2, 0.25) is 5.02 Å². The number of ether oxygens (including phenoxy) is 1. The number of methoxy groups -OCH3 is 1. The summed E-state index contributed by atoms with van der Waals surface area (Å²) in [6.07, 6.45) is 3.40. The normalized spacial score (nSPS) is 11.8. The Hall–Kier alpha value is -3.32. The van der Waals surface area contributed by atoms with E-state index in [1.165, 1.54) is 0 Å². The number of aromatic amines is 1. The largest absolute Gasteiger partial charge is 0.497 e. The van der Waals surface area contributed by atoms with Crippen molar-refractivity contribution in [3.8, 4) is 5.75 Å². The van der Waals surface area contributed by atoms with Crippen LogP contribution in [0.25, 0.3) is 10.9 Å². The number of Topliss-reactive ketones (excluding diaryl/α,β-unsaturated/α-hetero) is 1. The highest BCUT2D eigenvalue weighted by Gasteiger charge is 2.22. The Morgan fingerprint density at radius 3 is 2.60 bits per heavy atom. The molecule has 2 amide bonds. The van der Waals surface area contributed by atoms with Gasteiger partial charge < -0.3 is 25.1 Å². The summed E-state index contributed by atoms with van der Waals surface area (Å²) in [6.45, 7) is 3.50. The second-order valence-electron chi connectivity index (χ2n) is 8.74. The first-order chi connectivity index (χ1) is 16.8. The molecule has 0 bridgehead atoms. The number of nitrogens with one attached hydrogen (secondary N) is 3. The van der Waals surface area contributed by atoms with Gasteiger partial charge in [0.2, 0.25) is 11.8 Å². The number of halogens is 1. The van der Waals surface area contributed by atoms with E-state index >= 15 is 0 Å². The fraction of sp³-hybridized carbons (Fsp3) is 0.370. The smallest absolute Gasteiger partial charge is 0.246 e. The van der Waals surface area contributed by atoms with Crippen LogP contribution < -0.4 is 15.4 Å². The van der Waals surface area contributed by atoms with Crippen LogP contribution in [-0.2, 0) is 20.8 Å². The van der Waals surface area contributed by atoms with Gasteiger partial charge in [0.1, 0.15) is 17.6 Å². The van der Waals surface area contributed by atoms with Crippen LogP contribution in [0.4, 0.5) is 5.69 Å². The van der Waals surface area contributed by atoms with Crippen LogP contribution >= 0.6 is 11.6 Å². The van der Waals surface area contributed by atoms with Gasteiger partial charge in [0.05, 0.1) is 13.5 Å². The van der Waals surface area contributed by atoms with Gasteiger partial charge in [0.25, 0.3) is 0 Å². The molecule has 0 spiro atoms. The number of ketones is 1. The van der Waals surface area contributed by atoms with Crippen LogP contribution in [0.5, 0.6) is 5.75 Å². The highest BCUT2D eigenvalue weighted by Crippen LogP contribution is 2.27. The fourth-order valence-electron chi connectivity index (χ4n) is 4.09. The molecule has 0 unspecified atom stereocenters. The van der Waals surface area contributed by atoms with Gasteiger partial charge in [-0.05, 0) is 68.7 Å². The molecule has 0 radical (unpaired) electrons. The second kappa shape index (κ2) is 12.4. The van der Waals surface area contributed by atoms with E-state index in [0.717, 1.165) is 35.0 Å². The lowest BCUT2D eigenvalue weighted by Gasteiger charge is -2.19. The third-order valence-corrected chi connectivity index (χ3v) is 6.16. The van der Waals surface area contributed by atoms with Gasteiger partial charge in [-0.2, -0.15) is 0 Å². The van der Waals surface area contributed by atoms with Crippen LogP contribution in [0.1, 0.15) is 50.3 Å². The minimum Gasteiger partial charge on any atom is -0.497 e. The first-order valence-electron chi connectivity index (χ1n) is 11.8. The van der Waals surface area contributed by atoms with Gasteiger partial charge >= 0.3 is 0 Å². The molecule has 0 fully saturated rings. The summed E-state index contributed by atoms with van der Waals surface area (Å²) in [5.41, 5.74) is 3.25. The molecule has 3 N–H and O–H groups in total. The van der Waals surface area contributed by atoms with Crippen LogP contribution in [0, 0.1) is 6.92 Å². The van der Waals surface area contributed by atoms with Crippen molar-refractivity contribution in [1.29, 1.82) is 0 Å². The Morgan fingerprint density at radius 1 is 1.09 bits per heavy atom. The molecule has 0 saturated carbocycles. The number of rotatable bonds is 12. The van der Waals surface area contributed by atoms with Gasteiger partial charge in [0.15, 0.2) is 0 Å². The van der Waals surface area contributed by atoms with E-state index in [9.17, 15) is 14.4 Å². The molecule has 1 aromatic heterocycles. The molecule has 8 heteroatoms. The van der Waals surface area contributed by atoms with E-state index in [4.69, 9.17) is 16.3 Å². The molecule has 2 aromatic carbocycles. The van der Waals surface area contributed by atoms with E-state index < -0.39 is 6.04 Å². The molecule has 0 aliphatic carbocycles. The van der Waals surface area contributed by atoms with Gasteiger partial charge in [-0.25, -0.2) is 0 Å². The average molecular weight is 498 g/mol. The maximum absolute atomic E-state index is 13.1. The van der Waals surface area contributed by atoms with Crippen molar-refractivity contribution < 1.29 is 19.1 Å². The highest BCUT2D eigenvalue weighted by molar-refractivity contribution is 6.30. The zero-order chi connectivity index (χ0) is 25.4. The van der Waals surface area contributed by atoms with E-state index in [1.807, 2.05) is 25.1 Å². The van der Waals surface area contributed by atoms with Crippen molar-refractivity contribution in [2.75, 3.05) is 12.4 Å². The number of hydrogen-bond acceptors (Lipinski definition) is 4. The molecule has 0 aliphatic heterocycles. The van der Waals surface area contributed by atoms with Crippen molar-refractivity contribution in [1.82, 2.24) is 10.3 Å². The Morgan fingerprint density at radius 2 is 1.89 bits per heavy atom. The molecule has 1 atom stereocenters. The van der Waals surface area contributed by atoms with Crippen molar-refractivity contribution in [2.24, 2.45) is 0 Å². The predicted molar refractivity (Wildman–Crippen MR) is 139 cm³/mol. The number of aromatic nitrogens is 1. The minimum absolute atomic E-state index is 0.129. The second-order valence-corrected chi connectivity index (χ2v) is 9.17. The first-order valence-corrected chi connectivity index (χ1v) is 12.1. The van der Waals surface area contributed by atoms with Gasteiger partial charge in [0, 0.05) is 33.7 Å². The number of hydrogen-bond donors (Lipinski definition) is 3. The zero-order valence-corrected chi connectivity index (χ0v) is 21.1. The topological polar surface area (TPSA) is 100 Å². The van der Waals surface area contributed by atoms with E-state index in [2.05, 4.69) is 15.6 Å². The molecule has 7 nitrogen and oxygen atoms in total. The Labute approximate surface area is 210 Å². The average Bonchev–Trinajstić information content (AvgIpc) is 3.11. The molecule has 1 heterocycles. The van der Waals surface area contributed by atoms with Crippen molar-refractivity contribution in [3.63, 3.8) is 0 Å². The van der Waals surface area contributed by atoms with Gasteiger partial charge in [-0.1, -0.05) is 30.5 Å². The van der Waals surface area contributed by atoms with Crippen molar-refractivity contribution >= 4 is 45.8 Å². The minimum atomic E-state index is -0.709. The summed E-state index contributed by atoms with van der Waals surface area (Å²) in [6, 6.07) is 11.9. The standard InChI is InChI=1S/C27H32ClN3O4/c1-17(32)8-5-4-6-11-25(27(34)30-20-10-7-9-19(28)14-20)31-26(33)16-22-18(2)29-24-13-12-21(35-3)15-23(22)24/h7,9-10,12-15,25,29H,4-6,8,11,16H2,1-3H3,(H,30,34)(H,31,33)/t25-/m0/s1. The third-order valence-electron chi connectivity index (χ3n) is 5.93. The quantitative estimate of drug-likeness (QED) is 0.294. The summed E-state index contributed by atoms with van der Waals surface area (Å²) in [5.74, 6) is 0.318. The molecule has 0 saturated heterocycles. The lowest BCUT2D eigenvalue weighted by Crippen LogP contribution is -2.44. The number of unbranched alkanes of at least 4 members (excludes halogenated alkanes) is 2.